The SMILES string of the molecule is C1=C(c2nc(-c3ccccc3)nc(-c3cc4ccccc4cc3-n3c4ccccc4c4c5ccccc5ccc43)n2)CCc2sc3ccccc3c21. The highest BCUT2D eigenvalue weighted by Gasteiger charge is 2.23. The third kappa shape index (κ3) is 4.56. The summed E-state index contributed by atoms with van der Waals surface area (Å²) < 4.78 is 3.74. The second-order valence-corrected chi connectivity index (χ2v) is 14.7. The number of benzene rings is 7. The van der Waals surface area contributed by atoms with Crippen molar-refractivity contribution in [2.75, 3.05) is 0 Å². The van der Waals surface area contributed by atoms with Crippen LogP contribution in [0.4, 0.5) is 0 Å². The Morgan fingerprint density at radius 2 is 1.17 bits per heavy atom. The first-order valence-corrected chi connectivity index (χ1v) is 18.6. The zero-order valence-corrected chi connectivity index (χ0v) is 28.9. The van der Waals surface area contributed by atoms with Crippen LogP contribution >= 0.6 is 11.3 Å². The van der Waals surface area contributed by atoms with Gasteiger partial charge in [-0.15, -0.1) is 11.3 Å². The molecule has 7 aromatic carbocycles. The van der Waals surface area contributed by atoms with Crippen molar-refractivity contribution in [3.8, 4) is 28.5 Å². The van der Waals surface area contributed by atoms with Gasteiger partial charge in [0.1, 0.15) is 0 Å². The average molecular weight is 683 g/mol. The van der Waals surface area contributed by atoms with Crippen molar-refractivity contribution >= 4 is 76.4 Å². The minimum Gasteiger partial charge on any atom is -0.308 e. The molecule has 0 amide bonds. The van der Waals surface area contributed by atoms with E-state index in [1.807, 2.05) is 29.5 Å². The summed E-state index contributed by atoms with van der Waals surface area (Å²) in [5.41, 5.74) is 7.72. The van der Waals surface area contributed by atoms with E-state index >= 15 is 0 Å². The first-order chi connectivity index (χ1) is 25.8. The van der Waals surface area contributed by atoms with E-state index in [1.165, 1.54) is 42.1 Å². The van der Waals surface area contributed by atoms with Crippen LogP contribution in [0, 0.1) is 0 Å². The van der Waals surface area contributed by atoms with Crippen LogP contribution in [0.25, 0.3) is 93.5 Å². The summed E-state index contributed by atoms with van der Waals surface area (Å²) in [6.45, 7) is 0. The van der Waals surface area contributed by atoms with Gasteiger partial charge in [-0.25, -0.2) is 15.0 Å². The van der Waals surface area contributed by atoms with Gasteiger partial charge in [0.15, 0.2) is 17.5 Å². The molecule has 4 nitrogen and oxygen atoms in total. The van der Waals surface area contributed by atoms with Crippen molar-refractivity contribution in [2.45, 2.75) is 12.8 Å². The van der Waals surface area contributed by atoms with E-state index in [0.717, 1.165) is 62.9 Å². The number of allylic oxidation sites excluding steroid dienone is 1. The van der Waals surface area contributed by atoms with Crippen LogP contribution in [0.5, 0.6) is 0 Å². The van der Waals surface area contributed by atoms with E-state index in [0.29, 0.717) is 11.6 Å². The molecule has 5 heteroatoms. The third-order valence-electron chi connectivity index (χ3n) is 10.5. The smallest absolute Gasteiger partial charge is 0.166 e. The predicted molar refractivity (Wildman–Crippen MR) is 218 cm³/mol. The van der Waals surface area contributed by atoms with E-state index in [1.54, 1.807) is 0 Å². The lowest BCUT2D eigenvalue weighted by Gasteiger charge is -2.17. The standard InChI is InChI=1S/C47H30N4S/c1-2-13-30(14-3-1)45-48-46(33-23-25-43-37(27-33)35-18-9-11-21-42(35)52-43)50-47(49-45)38-26-31-15-4-5-16-32(31)28-41(38)51-39-20-10-8-19-36(39)44-34-17-7-6-12-29(34)22-24-40(44)51/h1-22,24,26-28H,23,25H2. The lowest BCUT2D eigenvalue weighted by molar-refractivity contribution is 0.969. The molecular weight excluding hydrogens is 653 g/mol. The molecule has 0 radical (unpaired) electrons. The fourth-order valence-electron chi connectivity index (χ4n) is 8.08. The van der Waals surface area contributed by atoms with Crippen LogP contribution < -0.4 is 0 Å². The van der Waals surface area contributed by atoms with Gasteiger partial charge in [0.2, 0.25) is 0 Å². The summed E-state index contributed by atoms with van der Waals surface area (Å²) in [5.74, 6) is 2.07. The van der Waals surface area contributed by atoms with Gasteiger partial charge in [0.05, 0.1) is 16.7 Å². The third-order valence-corrected chi connectivity index (χ3v) is 11.8. The number of hydrogen-bond donors (Lipinski definition) is 0. The van der Waals surface area contributed by atoms with Crippen LogP contribution in [-0.2, 0) is 6.42 Å². The van der Waals surface area contributed by atoms with Gasteiger partial charge >= 0.3 is 0 Å². The molecule has 0 saturated carbocycles. The van der Waals surface area contributed by atoms with Gasteiger partial charge in [0.25, 0.3) is 0 Å². The first-order valence-electron chi connectivity index (χ1n) is 17.7. The Morgan fingerprint density at radius 1 is 0.500 bits per heavy atom. The zero-order valence-electron chi connectivity index (χ0n) is 28.1. The Morgan fingerprint density at radius 3 is 2.04 bits per heavy atom. The Kier molecular flexibility index (Phi) is 6.51. The monoisotopic (exact) mass is 682 g/mol. The van der Waals surface area contributed by atoms with Gasteiger partial charge < -0.3 is 4.57 Å². The summed E-state index contributed by atoms with van der Waals surface area (Å²) >= 11 is 1.90. The number of aromatic nitrogens is 4. The van der Waals surface area contributed by atoms with Gasteiger partial charge in [-0.1, -0.05) is 121 Å². The molecular formula is C47H30N4S. The predicted octanol–water partition coefficient (Wildman–Crippen LogP) is 12.3. The van der Waals surface area contributed by atoms with Crippen molar-refractivity contribution in [1.29, 1.82) is 0 Å². The highest BCUT2D eigenvalue weighted by atomic mass is 32.1. The Labute approximate surface area is 304 Å². The Bertz CT molecular complexity index is 3080. The van der Waals surface area contributed by atoms with E-state index in [4.69, 9.17) is 15.0 Å². The normalized spacial score (nSPS) is 13.0. The Balaban J connectivity index is 1.21. The van der Waals surface area contributed by atoms with Crippen LogP contribution in [0.15, 0.2) is 152 Å². The molecule has 52 heavy (non-hydrogen) atoms. The number of hydrogen-bond acceptors (Lipinski definition) is 4. The minimum absolute atomic E-state index is 0.665. The quantitative estimate of drug-likeness (QED) is 0.186. The molecule has 244 valence electrons. The molecule has 0 fully saturated rings. The molecule has 0 spiro atoms. The molecule has 0 unspecified atom stereocenters. The fourth-order valence-corrected chi connectivity index (χ4v) is 9.26. The van der Waals surface area contributed by atoms with Gasteiger partial charge in [-0.3, -0.25) is 0 Å². The van der Waals surface area contributed by atoms with Gasteiger partial charge in [0, 0.05) is 31.5 Å². The maximum absolute atomic E-state index is 5.38. The molecule has 0 saturated heterocycles. The van der Waals surface area contributed by atoms with E-state index in [2.05, 4.69) is 144 Å². The summed E-state index contributed by atoms with van der Waals surface area (Å²) in [6, 6.07) is 54.1. The summed E-state index contributed by atoms with van der Waals surface area (Å²) in [4.78, 5) is 17.3. The van der Waals surface area contributed by atoms with Crippen molar-refractivity contribution in [3.05, 3.63) is 168 Å². The Hall–Kier alpha value is -6.43. The maximum atomic E-state index is 5.38. The van der Waals surface area contributed by atoms with Gasteiger partial charge in [-0.05, 0) is 87.3 Å². The number of rotatable bonds is 4. The van der Waals surface area contributed by atoms with Crippen LogP contribution in [0.2, 0.25) is 0 Å². The van der Waals surface area contributed by atoms with E-state index in [-0.39, 0.29) is 0 Å². The first kappa shape index (κ1) is 29.3. The number of nitrogens with zero attached hydrogens (tertiary/aromatic N) is 4. The highest BCUT2D eigenvalue weighted by Crippen LogP contribution is 2.42. The van der Waals surface area contributed by atoms with Crippen molar-refractivity contribution < 1.29 is 0 Å². The second-order valence-electron chi connectivity index (χ2n) is 13.5. The molecule has 1 aliphatic carbocycles. The largest absolute Gasteiger partial charge is 0.308 e. The van der Waals surface area contributed by atoms with Crippen LogP contribution in [-0.4, -0.2) is 19.5 Å². The van der Waals surface area contributed by atoms with Crippen molar-refractivity contribution in [2.24, 2.45) is 0 Å². The molecule has 1 aliphatic rings. The highest BCUT2D eigenvalue weighted by molar-refractivity contribution is 7.19. The lowest BCUT2D eigenvalue weighted by atomic mass is 9.96. The summed E-state index contributed by atoms with van der Waals surface area (Å²) in [6.07, 6.45) is 4.17. The average Bonchev–Trinajstić information content (AvgIpc) is 3.76. The fraction of sp³-hybridized carbons (Fsp3) is 0.0426. The number of aryl methyl sites for hydroxylation is 1. The summed E-state index contributed by atoms with van der Waals surface area (Å²) in [5, 5.41) is 8.55. The number of thiophene rings is 1. The number of fused-ring (bicyclic) bond motifs is 9. The van der Waals surface area contributed by atoms with E-state index < -0.39 is 0 Å². The van der Waals surface area contributed by atoms with Crippen LogP contribution in [0.3, 0.4) is 0 Å². The zero-order chi connectivity index (χ0) is 34.2. The molecule has 0 N–H and O–H groups in total. The molecule has 0 aliphatic heterocycles. The molecule has 3 aromatic heterocycles. The van der Waals surface area contributed by atoms with Crippen molar-refractivity contribution in [1.82, 2.24) is 19.5 Å². The molecule has 0 atom stereocenters. The molecule has 3 heterocycles. The molecule has 0 bridgehead atoms. The topological polar surface area (TPSA) is 43.6 Å². The maximum Gasteiger partial charge on any atom is 0.166 e. The molecule has 11 rings (SSSR count). The van der Waals surface area contributed by atoms with Crippen molar-refractivity contribution in [3.63, 3.8) is 0 Å². The molecule has 10 aromatic rings. The lowest BCUT2D eigenvalue weighted by Crippen LogP contribution is -2.07. The van der Waals surface area contributed by atoms with Crippen LogP contribution in [0.1, 0.15) is 22.7 Å². The van der Waals surface area contributed by atoms with E-state index in [9.17, 15) is 0 Å². The summed E-state index contributed by atoms with van der Waals surface area (Å²) in [7, 11) is 0. The minimum atomic E-state index is 0.665. The number of para-hydroxylation sites is 1. The second kappa shape index (κ2) is 11.6. The van der Waals surface area contributed by atoms with Gasteiger partial charge in [-0.2, -0.15) is 0 Å².